The fraction of sp³-hybridized carbons (Fsp3) is 0.733. The van der Waals surface area contributed by atoms with E-state index in [-0.39, 0.29) is 17.6 Å². The Hall–Kier alpha value is -1.57. The monoisotopic (exact) mass is 339 g/mol. The van der Waals surface area contributed by atoms with Crippen molar-refractivity contribution in [2.75, 3.05) is 23.9 Å². The lowest BCUT2D eigenvalue weighted by molar-refractivity contribution is -0.129. The molecule has 1 aliphatic rings. The Morgan fingerprint density at radius 3 is 2.57 bits per heavy atom. The van der Waals surface area contributed by atoms with Gasteiger partial charge in [-0.2, -0.15) is 0 Å². The van der Waals surface area contributed by atoms with Crippen LogP contribution in [0.2, 0.25) is 0 Å². The first kappa shape index (κ1) is 17.8. The van der Waals surface area contributed by atoms with Crippen LogP contribution in [-0.4, -0.2) is 56.1 Å². The molecule has 0 aromatic carbocycles. The van der Waals surface area contributed by atoms with E-state index in [9.17, 15) is 9.59 Å². The molecule has 1 aromatic heterocycles. The largest absolute Gasteiger partial charge is 0.342 e. The maximum atomic E-state index is 12.2. The van der Waals surface area contributed by atoms with Gasteiger partial charge >= 0.3 is 0 Å². The zero-order valence-corrected chi connectivity index (χ0v) is 14.9. The van der Waals surface area contributed by atoms with E-state index in [2.05, 4.69) is 15.5 Å². The number of amides is 2. The highest BCUT2D eigenvalue weighted by Gasteiger charge is 2.22. The van der Waals surface area contributed by atoms with E-state index in [1.807, 2.05) is 18.9 Å². The quantitative estimate of drug-likeness (QED) is 0.851. The minimum absolute atomic E-state index is 0.101. The molecular formula is C15H25N5O2S. The van der Waals surface area contributed by atoms with Crippen molar-refractivity contribution >= 4 is 29.5 Å². The molecule has 0 atom stereocenters. The van der Waals surface area contributed by atoms with Gasteiger partial charge in [-0.25, -0.2) is 0 Å². The van der Waals surface area contributed by atoms with Crippen LogP contribution in [0.1, 0.15) is 37.9 Å². The number of carbonyl (C=O) groups is 2. The van der Waals surface area contributed by atoms with Crippen molar-refractivity contribution < 1.29 is 9.59 Å². The molecule has 1 heterocycles. The van der Waals surface area contributed by atoms with E-state index in [1.165, 1.54) is 31.0 Å². The summed E-state index contributed by atoms with van der Waals surface area (Å²) < 4.78 is 1.71. The summed E-state index contributed by atoms with van der Waals surface area (Å²) in [5, 5.41) is 10.5. The van der Waals surface area contributed by atoms with Gasteiger partial charge in [0.15, 0.2) is 0 Å². The van der Waals surface area contributed by atoms with Crippen molar-refractivity contribution in [3.05, 3.63) is 5.82 Å². The fourth-order valence-corrected chi connectivity index (χ4v) is 3.42. The summed E-state index contributed by atoms with van der Waals surface area (Å²) in [5.41, 5.74) is 0. The van der Waals surface area contributed by atoms with E-state index in [0.717, 1.165) is 18.7 Å². The SMILES string of the molecule is Cc1nnc(NC(=O)CSCC(=O)N(C)C2CCCCC2)n1C. The molecule has 0 spiro atoms. The number of nitrogens with one attached hydrogen (secondary N) is 1. The molecule has 2 rings (SSSR count). The molecule has 8 heteroatoms. The zero-order chi connectivity index (χ0) is 16.8. The van der Waals surface area contributed by atoms with Crippen molar-refractivity contribution in [2.24, 2.45) is 7.05 Å². The molecule has 0 bridgehead atoms. The van der Waals surface area contributed by atoms with Crippen LogP contribution in [0.15, 0.2) is 0 Å². The van der Waals surface area contributed by atoms with Crippen molar-refractivity contribution in [3.8, 4) is 0 Å². The lowest BCUT2D eigenvalue weighted by atomic mass is 9.94. The van der Waals surface area contributed by atoms with Crippen LogP contribution in [0.3, 0.4) is 0 Å². The number of hydrogen-bond donors (Lipinski definition) is 1. The molecule has 1 aromatic rings. The summed E-state index contributed by atoms with van der Waals surface area (Å²) in [6, 6.07) is 0.368. The number of carbonyl (C=O) groups excluding carboxylic acids is 2. The van der Waals surface area contributed by atoms with Crippen molar-refractivity contribution in [2.45, 2.75) is 45.1 Å². The third-order valence-electron chi connectivity index (χ3n) is 4.32. The van der Waals surface area contributed by atoms with E-state index < -0.39 is 0 Å². The summed E-state index contributed by atoms with van der Waals surface area (Å²) in [6.07, 6.45) is 5.87. The van der Waals surface area contributed by atoms with Gasteiger partial charge in [0.25, 0.3) is 0 Å². The van der Waals surface area contributed by atoms with Crippen LogP contribution in [0, 0.1) is 6.92 Å². The first-order chi connectivity index (χ1) is 11.0. The highest BCUT2D eigenvalue weighted by atomic mass is 32.2. The van der Waals surface area contributed by atoms with Gasteiger partial charge in [-0.05, 0) is 19.8 Å². The van der Waals surface area contributed by atoms with E-state index >= 15 is 0 Å². The highest BCUT2D eigenvalue weighted by molar-refractivity contribution is 8.00. The lowest BCUT2D eigenvalue weighted by Crippen LogP contribution is -2.39. The molecular weight excluding hydrogens is 314 g/mol. The van der Waals surface area contributed by atoms with Crippen molar-refractivity contribution in [3.63, 3.8) is 0 Å². The molecule has 1 saturated carbocycles. The summed E-state index contributed by atoms with van der Waals surface area (Å²) in [7, 11) is 3.67. The van der Waals surface area contributed by atoms with Gasteiger partial charge in [-0.1, -0.05) is 19.3 Å². The molecule has 0 radical (unpaired) electrons. The zero-order valence-electron chi connectivity index (χ0n) is 14.0. The molecule has 23 heavy (non-hydrogen) atoms. The minimum Gasteiger partial charge on any atom is -0.342 e. The molecule has 0 unspecified atom stereocenters. The number of nitrogens with zero attached hydrogens (tertiary/aromatic N) is 4. The number of aromatic nitrogens is 3. The van der Waals surface area contributed by atoms with Gasteiger partial charge in [-0.15, -0.1) is 22.0 Å². The predicted molar refractivity (Wildman–Crippen MR) is 91.3 cm³/mol. The third kappa shape index (κ3) is 4.95. The summed E-state index contributed by atoms with van der Waals surface area (Å²) >= 11 is 1.33. The molecule has 1 fully saturated rings. The van der Waals surface area contributed by atoms with E-state index in [4.69, 9.17) is 0 Å². The Kier molecular flexibility index (Phi) is 6.44. The Balaban J connectivity index is 1.70. The van der Waals surface area contributed by atoms with Crippen LogP contribution < -0.4 is 5.32 Å². The average Bonchev–Trinajstić information content (AvgIpc) is 2.87. The van der Waals surface area contributed by atoms with Gasteiger partial charge in [-0.3, -0.25) is 14.9 Å². The van der Waals surface area contributed by atoms with Crippen LogP contribution in [-0.2, 0) is 16.6 Å². The number of aryl methyl sites for hydroxylation is 1. The molecule has 2 amide bonds. The summed E-state index contributed by atoms with van der Waals surface area (Å²) in [5.74, 6) is 1.66. The Morgan fingerprint density at radius 2 is 1.96 bits per heavy atom. The fourth-order valence-electron chi connectivity index (χ4n) is 2.68. The second-order valence-corrected chi connectivity index (χ2v) is 6.95. The summed E-state index contributed by atoms with van der Waals surface area (Å²) in [6.45, 7) is 1.82. The average molecular weight is 339 g/mol. The summed E-state index contributed by atoms with van der Waals surface area (Å²) in [4.78, 5) is 25.9. The highest BCUT2D eigenvalue weighted by Crippen LogP contribution is 2.22. The first-order valence-electron chi connectivity index (χ1n) is 7.98. The maximum absolute atomic E-state index is 12.2. The standard InChI is InChI=1S/C15H25N5O2S/c1-11-17-18-15(19(11)2)16-13(21)9-23-10-14(22)20(3)12-7-5-4-6-8-12/h12H,4-10H2,1-3H3,(H,16,18,21). The number of thioether (sulfide) groups is 1. The Morgan fingerprint density at radius 1 is 1.26 bits per heavy atom. The van der Waals surface area contributed by atoms with Crippen LogP contribution in [0.5, 0.6) is 0 Å². The van der Waals surface area contributed by atoms with Crippen LogP contribution >= 0.6 is 11.8 Å². The van der Waals surface area contributed by atoms with Crippen LogP contribution in [0.4, 0.5) is 5.95 Å². The normalized spacial score (nSPS) is 15.4. The first-order valence-corrected chi connectivity index (χ1v) is 9.13. The van der Waals surface area contributed by atoms with Crippen molar-refractivity contribution in [1.29, 1.82) is 0 Å². The van der Waals surface area contributed by atoms with Gasteiger partial charge in [0.1, 0.15) is 5.82 Å². The Bertz CT molecular complexity index is 554. The molecule has 1 aliphatic carbocycles. The topological polar surface area (TPSA) is 80.1 Å². The predicted octanol–water partition coefficient (Wildman–Crippen LogP) is 1.59. The number of rotatable bonds is 6. The number of anilines is 1. The number of hydrogen-bond acceptors (Lipinski definition) is 5. The van der Waals surface area contributed by atoms with Gasteiger partial charge in [0.2, 0.25) is 17.8 Å². The van der Waals surface area contributed by atoms with Gasteiger partial charge in [0.05, 0.1) is 11.5 Å². The maximum Gasteiger partial charge on any atom is 0.236 e. The second-order valence-electron chi connectivity index (χ2n) is 5.97. The minimum atomic E-state index is -0.168. The van der Waals surface area contributed by atoms with Gasteiger partial charge in [0, 0.05) is 20.1 Å². The molecule has 1 N–H and O–H groups in total. The molecule has 7 nitrogen and oxygen atoms in total. The smallest absolute Gasteiger partial charge is 0.236 e. The van der Waals surface area contributed by atoms with Gasteiger partial charge < -0.3 is 9.47 Å². The van der Waals surface area contributed by atoms with Crippen molar-refractivity contribution in [1.82, 2.24) is 19.7 Å². The van der Waals surface area contributed by atoms with Crippen LogP contribution in [0.25, 0.3) is 0 Å². The Labute approximate surface area is 141 Å². The second kappa shape index (κ2) is 8.33. The van der Waals surface area contributed by atoms with E-state index in [0.29, 0.717) is 17.7 Å². The molecule has 0 saturated heterocycles. The molecule has 128 valence electrons. The lowest BCUT2D eigenvalue weighted by Gasteiger charge is -2.31. The molecule has 0 aliphatic heterocycles. The van der Waals surface area contributed by atoms with E-state index in [1.54, 1.807) is 11.6 Å². The third-order valence-corrected chi connectivity index (χ3v) is 5.24.